The van der Waals surface area contributed by atoms with Crippen LogP contribution >= 0.6 is 0 Å². The molecule has 0 amide bonds. The lowest BCUT2D eigenvalue weighted by molar-refractivity contribution is 0.0584. The molecule has 0 aliphatic heterocycles. The summed E-state index contributed by atoms with van der Waals surface area (Å²) < 4.78 is 6.05. The van der Waals surface area contributed by atoms with Crippen molar-refractivity contribution in [3.8, 4) is 22.6 Å². The standard InChI is InChI=1S/C26H23NO3/c1-26(2,25(29)21-4-3-20-16-22(27)10-5-19(20)15-21)30-24-13-8-18(9-14-24)17-6-11-23(28)12-7-17/h3-16,28H,27H2,1-2H3. The van der Waals surface area contributed by atoms with Crippen LogP contribution in [0.15, 0.2) is 84.9 Å². The monoisotopic (exact) mass is 397 g/mol. The number of ketones is 1. The summed E-state index contributed by atoms with van der Waals surface area (Å²) in [5.74, 6) is 0.754. The normalized spacial score (nSPS) is 11.4. The second-order valence-corrected chi connectivity index (χ2v) is 7.83. The van der Waals surface area contributed by atoms with E-state index in [1.807, 2.05) is 72.8 Å². The molecular formula is C26H23NO3. The van der Waals surface area contributed by atoms with E-state index in [0.717, 1.165) is 21.9 Å². The highest BCUT2D eigenvalue weighted by molar-refractivity contribution is 6.05. The highest BCUT2D eigenvalue weighted by Gasteiger charge is 2.31. The van der Waals surface area contributed by atoms with Gasteiger partial charge in [0.25, 0.3) is 0 Å². The molecule has 150 valence electrons. The van der Waals surface area contributed by atoms with Crippen LogP contribution in [0.25, 0.3) is 21.9 Å². The maximum Gasteiger partial charge on any atom is 0.205 e. The molecule has 0 aliphatic rings. The van der Waals surface area contributed by atoms with E-state index < -0.39 is 5.60 Å². The number of hydrogen-bond donors (Lipinski definition) is 2. The molecule has 0 bridgehead atoms. The summed E-state index contributed by atoms with van der Waals surface area (Å²) in [7, 11) is 0. The Balaban J connectivity index is 1.53. The number of nitrogen functional groups attached to an aromatic ring is 1. The van der Waals surface area contributed by atoms with Crippen LogP contribution in [0.5, 0.6) is 11.5 Å². The van der Waals surface area contributed by atoms with E-state index in [-0.39, 0.29) is 11.5 Å². The zero-order chi connectivity index (χ0) is 21.3. The number of aromatic hydroxyl groups is 1. The molecule has 4 nitrogen and oxygen atoms in total. The maximum atomic E-state index is 13.1. The van der Waals surface area contributed by atoms with Gasteiger partial charge in [-0.1, -0.05) is 42.5 Å². The van der Waals surface area contributed by atoms with E-state index in [9.17, 15) is 9.90 Å². The second-order valence-electron chi connectivity index (χ2n) is 7.83. The summed E-state index contributed by atoms with van der Waals surface area (Å²) >= 11 is 0. The molecule has 0 spiro atoms. The Kier molecular flexibility index (Phi) is 4.92. The molecule has 4 aromatic carbocycles. The van der Waals surface area contributed by atoms with Crippen LogP contribution in [-0.4, -0.2) is 16.5 Å². The van der Waals surface area contributed by atoms with Crippen molar-refractivity contribution in [2.75, 3.05) is 5.73 Å². The van der Waals surface area contributed by atoms with Crippen molar-refractivity contribution in [1.29, 1.82) is 0 Å². The summed E-state index contributed by atoms with van der Waals surface area (Å²) in [6.45, 7) is 3.55. The molecule has 0 saturated heterocycles. The van der Waals surface area contributed by atoms with Crippen LogP contribution in [0.4, 0.5) is 5.69 Å². The Hall–Kier alpha value is -3.79. The fourth-order valence-electron chi connectivity index (χ4n) is 3.46. The molecule has 0 aromatic heterocycles. The number of benzene rings is 4. The van der Waals surface area contributed by atoms with Gasteiger partial charge in [0.2, 0.25) is 5.78 Å². The van der Waals surface area contributed by atoms with E-state index >= 15 is 0 Å². The lowest BCUT2D eigenvalue weighted by Gasteiger charge is -2.25. The quantitative estimate of drug-likeness (QED) is 0.328. The lowest BCUT2D eigenvalue weighted by Crippen LogP contribution is -2.38. The van der Waals surface area contributed by atoms with Crippen LogP contribution in [0.1, 0.15) is 24.2 Å². The fourth-order valence-corrected chi connectivity index (χ4v) is 3.46. The molecule has 0 atom stereocenters. The fraction of sp³-hybridized carbons (Fsp3) is 0.115. The Morgan fingerprint density at radius 3 is 2.03 bits per heavy atom. The first-order chi connectivity index (χ1) is 14.3. The molecule has 0 aliphatic carbocycles. The molecule has 4 heteroatoms. The average Bonchev–Trinajstić information content (AvgIpc) is 2.74. The molecule has 0 unspecified atom stereocenters. The second kappa shape index (κ2) is 7.56. The molecule has 0 heterocycles. The first-order valence-electron chi connectivity index (χ1n) is 9.74. The number of Topliss-reactive ketones (excluding diaryl/α,β-unsaturated/α-hetero) is 1. The first kappa shape index (κ1) is 19.5. The van der Waals surface area contributed by atoms with Crippen LogP contribution in [0, 0.1) is 0 Å². The third kappa shape index (κ3) is 3.98. The summed E-state index contributed by atoms with van der Waals surface area (Å²) in [6, 6.07) is 25.8. The topological polar surface area (TPSA) is 72.5 Å². The molecular weight excluding hydrogens is 374 g/mol. The number of ether oxygens (including phenoxy) is 1. The van der Waals surface area contributed by atoms with Crippen molar-refractivity contribution >= 4 is 22.2 Å². The number of carbonyl (C=O) groups is 1. The van der Waals surface area contributed by atoms with Crippen molar-refractivity contribution in [3.63, 3.8) is 0 Å². The van der Waals surface area contributed by atoms with Gasteiger partial charge < -0.3 is 15.6 Å². The van der Waals surface area contributed by atoms with E-state index in [1.165, 1.54) is 0 Å². The van der Waals surface area contributed by atoms with Gasteiger partial charge in [-0.05, 0) is 78.2 Å². The predicted molar refractivity (Wildman–Crippen MR) is 121 cm³/mol. The van der Waals surface area contributed by atoms with Crippen molar-refractivity contribution in [2.24, 2.45) is 0 Å². The largest absolute Gasteiger partial charge is 0.508 e. The van der Waals surface area contributed by atoms with Crippen molar-refractivity contribution < 1.29 is 14.6 Å². The lowest BCUT2D eigenvalue weighted by atomic mass is 9.94. The number of carbonyl (C=O) groups excluding carboxylic acids is 1. The maximum absolute atomic E-state index is 13.1. The Bertz CT molecular complexity index is 1210. The number of rotatable bonds is 5. The summed E-state index contributed by atoms with van der Waals surface area (Å²) in [6.07, 6.45) is 0. The van der Waals surface area contributed by atoms with Crippen LogP contribution < -0.4 is 10.5 Å². The SMILES string of the molecule is CC(C)(Oc1ccc(-c2ccc(O)cc2)cc1)C(=O)c1ccc2cc(N)ccc2c1. The Labute approximate surface area is 175 Å². The summed E-state index contributed by atoms with van der Waals surface area (Å²) in [4.78, 5) is 13.1. The Morgan fingerprint density at radius 2 is 1.37 bits per heavy atom. The van der Waals surface area contributed by atoms with Crippen LogP contribution in [0.2, 0.25) is 0 Å². The predicted octanol–water partition coefficient (Wildman–Crippen LogP) is 5.83. The van der Waals surface area contributed by atoms with Crippen LogP contribution in [0.3, 0.4) is 0 Å². The van der Waals surface area contributed by atoms with E-state index in [0.29, 0.717) is 17.0 Å². The molecule has 3 N–H and O–H groups in total. The molecule has 0 fully saturated rings. The molecule has 0 radical (unpaired) electrons. The van der Waals surface area contributed by atoms with E-state index in [2.05, 4.69) is 0 Å². The number of phenols is 1. The van der Waals surface area contributed by atoms with Crippen molar-refractivity contribution in [2.45, 2.75) is 19.4 Å². The van der Waals surface area contributed by atoms with Gasteiger partial charge >= 0.3 is 0 Å². The van der Waals surface area contributed by atoms with Crippen molar-refractivity contribution in [1.82, 2.24) is 0 Å². The van der Waals surface area contributed by atoms with Gasteiger partial charge in [0, 0.05) is 11.3 Å². The first-order valence-corrected chi connectivity index (χ1v) is 9.74. The molecule has 0 saturated carbocycles. The number of hydrogen-bond acceptors (Lipinski definition) is 4. The minimum Gasteiger partial charge on any atom is -0.508 e. The van der Waals surface area contributed by atoms with Gasteiger partial charge in [-0.25, -0.2) is 0 Å². The van der Waals surface area contributed by atoms with Gasteiger partial charge in [-0.2, -0.15) is 0 Å². The van der Waals surface area contributed by atoms with E-state index in [1.54, 1.807) is 26.0 Å². The summed E-state index contributed by atoms with van der Waals surface area (Å²) in [5.41, 5.74) is 8.09. The zero-order valence-electron chi connectivity index (χ0n) is 16.9. The van der Waals surface area contributed by atoms with Crippen LogP contribution in [-0.2, 0) is 0 Å². The highest BCUT2D eigenvalue weighted by Crippen LogP contribution is 2.28. The number of nitrogens with two attached hydrogens (primary N) is 1. The molecule has 30 heavy (non-hydrogen) atoms. The summed E-state index contributed by atoms with van der Waals surface area (Å²) in [5, 5.41) is 11.4. The molecule has 4 aromatic rings. The number of fused-ring (bicyclic) bond motifs is 1. The Morgan fingerprint density at radius 1 is 0.800 bits per heavy atom. The highest BCUT2D eigenvalue weighted by atomic mass is 16.5. The van der Waals surface area contributed by atoms with Gasteiger partial charge in [-0.3, -0.25) is 4.79 Å². The van der Waals surface area contributed by atoms with Gasteiger partial charge in [0.15, 0.2) is 5.60 Å². The number of anilines is 1. The van der Waals surface area contributed by atoms with E-state index in [4.69, 9.17) is 10.5 Å². The minimum atomic E-state index is -1.03. The minimum absolute atomic E-state index is 0.0937. The van der Waals surface area contributed by atoms with Gasteiger partial charge in [0.05, 0.1) is 0 Å². The zero-order valence-corrected chi connectivity index (χ0v) is 16.9. The third-order valence-corrected chi connectivity index (χ3v) is 5.10. The third-order valence-electron chi connectivity index (χ3n) is 5.10. The molecule has 4 rings (SSSR count). The average molecular weight is 397 g/mol. The smallest absolute Gasteiger partial charge is 0.205 e. The van der Waals surface area contributed by atoms with Crippen molar-refractivity contribution in [3.05, 3.63) is 90.5 Å². The van der Waals surface area contributed by atoms with Gasteiger partial charge in [-0.15, -0.1) is 0 Å². The van der Waals surface area contributed by atoms with Gasteiger partial charge in [0.1, 0.15) is 11.5 Å². The number of phenolic OH excluding ortho intramolecular Hbond substituents is 1.